The number of halogens is 1. The number of aromatic nitrogens is 4. The van der Waals surface area contributed by atoms with E-state index in [1.165, 1.54) is 23.0 Å². The van der Waals surface area contributed by atoms with Gasteiger partial charge in [0.1, 0.15) is 5.82 Å². The van der Waals surface area contributed by atoms with Gasteiger partial charge in [-0.05, 0) is 30.3 Å². The van der Waals surface area contributed by atoms with Gasteiger partial charge in [0.2, 0.25) is 5.82 Å². The Morgan fingerprint density at radius 3 is 2.62 bits per heavy atom. The minimum absolute atomic E-state index is 0.409. The minimum atomic E-state index is -0.832. The molecule has 0 amide bonds. The van der Waals surface area contributed by atoms with Crippen molar-refractivity contribution in [2.45, 2.75) is 13.0 Å². The SMILES string of the molecule is CC(O)c1cc(F)ccc1-n1nnc(-c2ccccc2)n1. The van der Waals surface area contributed by atoms with E-state index in [9.17, 15) is 9.50 Å². The smallest absolute Gasteiger partial charge is 0.205 e. The topological polar surface area (TPSA) is 63.8 Å². The van der Waals surface area contributed by atoms with E-state index in [1.807, 2.05) is 30.3 Å². The van der Waals surface area contributed by atoms with Crippen molar-refractivity contribution in [3.63, 3.8) is 0 Å². The number of rotatable bonds is 3. The van der Waals surface area contributed by atoms with Gasteiger partial charge in [-0.25, -0.2) is 4.39 Å². The Kier molecular flexibility index (Phi) is 3.45. The van der Waals surface area contributed by atoms with Crippen molar-refractivity contribution in [2.24, 2.45) is 0 Å². The van der Waals surface area contributed by atoms with Crippen molar-refractivity contribution in [2.75, 3.05) is 0 Å². The lowest BCUT2D eigenvalue weighted by molar-refractivity contribution is 0.198. The van der Waals surface area contributed by atoms with Crippen molar-refractivity contribution in [3.8, 4) is 17.1 Å². The average molecular weight is 284 g/mol. The molecule has 1 N–H and O–H groups in total. The molecule has 106 valence electrons. The van der Waals surface area contributed by atoms with Gasteiger partial charge in [0.05, 0.1) is 11.8 Å². The number of tetrazole rings is 1. The monoisotopic (exact) mass is 284 g/mol. The second kappa shape index (κ2) is 5.41. The van der Waals surface area contributed by atoms with E-state index in [-0.39, 0.29) is 0 Å². The molecule has 0 spiro atoms. The molecular formula is C15H13FN4O. The number of benzene rings is 2. The molecule has 0 bridgehead atoms. The summed E-state index contributed by atoms with van der Waals surface area (Å²) in [6, 6.07) is 13.5. The molecule has 2 aromatic carbocycles. The van der Waals surface area contributed by atoms with Crippen molar-refractivity contribution in [3.05, 3.63) is 59.9 Å². The standard InChI is InChI=1S/C15H13FN4O/c1-10(21)13-9-12(16)7-8-14(13)20-18-15(17-19-20)11-5-3-2-4-6-11/h2-10,21H,1H3. The molecule has 1 atom stereocenters. The number of aliphatic hydroxyl groups is 1. The van der Waals surface area contributed by atoms with Crippen LogP contribution in [0.2, 0.25) is 0 Å². The maximum Gasteiger partial charge on any atom is 0.205 e. The van der Waals surface area contributed by atoms with Gasteiger partial charge in [0, 0.05) is 11.1 Å². The Labute approximate surface area is 120 Å². The van der Waals surface area contributed by atoms with Crippen molar-refractivity contribution in [1.29, 1.82) is 0 Å². The summed E-state index contributed by atoms with van der Waals surface area (Å²) in [7, 11) is 0. The molecule has 1 unspecified atom stereocenters. The normalized spacial score (nSPS) is 12.3. The van der Waals surface area contributed by atoms with Gasteiger partial charge in [-0.15, -0.1) is 15.0 Å². The van der Waals surface area contributed by atoms with Crippen molar-refractivity contribution in [1.82, 2.24) is 20.2 Å². The quantitative estimate of drug-likeness (QED) is 0.802. The summed E-state index contributed by atoms with van der Waals surface area (Å²) < 4.78 is 13.3. The van der Waals surface area contributed by atoms with Gasteiger partial charge in [-0.3, -0.25) is 0 Å². The first-order valence-electron chi connectivity index (χ1n) is 6.48. The largest absolute Gasteiger partial charge is 0.389 e. The summed E-state index contributed by atoms with van der Waals surface area (Å²) in [6.45, 7) is 1.56. The molecule has 6 heteroatoms. The lowest BCUT2D eigenvalue weighted by atomic mass is 10.1. The van der Waals surface area contributed by atoms with Gasteiger partial charge in [-0.2, -0.15) is 0 Å². The molecule has 0 aliphatic carbocycles. The highest BCUT2D eigenvalue weighted by atomic mass is 19.1. The van der Waals surface area contributed by atoms with Crippen LogP contribution in [-0.2, 0) is 0 Å². The Bertz CT molecular complexity index is 755. The minimum Gasteiger partial charge on any atom is -0.389 e. The summed E-state index contributed by atoms with van der Waals surface area (Å²) in [4.78, 5) is 1.30. The summed E-state index contributed by atoms with van der Waals surface area (Å²) >= 11 is 0. The highest BCUT2D eigenvalue weighted by Gasteiger charge is 2.14. The molecule has 0 fully saturated rings. The third-order valence-corrected chi connectivity index (χ3v) is 3.10. The molecule has 0 aliphatic rings. The fourth-order valence-corrected chi connectivity index (χ4v) is 2.06. The molecule has 21 heavy (non-hydrogen) atoms. The van der Waals surface area contributed by atoms with Crippen LogP contribution < -0.4 is 0 Å². The van der Waals surface area contributed by atoms with Gasteiger partial charge < -0.3 is 5.11 Å². The third kappa shape index (κ3) is 2.66. The highest BCUT2D eigenvalue weighted by molar-refractivity contribution is 5.53. The van der Waals surface area contributed by atoms with E-state index < -0.39 is 11.9 Å². The van der Waals surface area contributed by atoms with Gasteiger partial charge in [-0.1, -0.05) is 30.3 Å². The first-order chi connectivity index (χ1) is 10.1. The number of hydrogen-bond acceptors (Lipinski definition) is 4. The lowest BCUT2D eigenvalue weighted by Gasteiger charge is -2.10. The number of aliphatic hydroxyl groups excluding tert-OH is 1. The van der Waals surface area contributed by atoms with Crippen molar-refractivity contribution >= 4 is 0 Å². The molecule has 0 saturated heterocycles. The van der Waals surface area contributed by atoms with E-state index in [0.29, 0.717) is 17.1 Å². The molecule has 0 radical (unpaired) electrons. The van der Waals surface area contributed by atoms with Crippen LogP contribution in [0.3, 0.4) is 0 Å². The van der Waals surface area contributed by atoms with Gasteiger partial charge >= 0.3 is 0 Å². The van der Waals surface area contributed by atoms with Crippen LogP contribution in [0.25, 0.3) is 17.1 Å². The predicted octanol–water partition coefficient (Wildman–Crippen LogP) is 2.52. The molecule has 0 saturated carbocycles. The van der Waals surface area contributed by atoms with Crippen molar-refractivity contribution < 1.29 is 9.50 Å². The molecule has 3 rings (SSSR count). The summed E-state index contributed by atoms with van der Waals surface area (Å²) in [5, 5.41) is 22.0. The maximum atomic E-state index is 13.3. The van der Waals surface area contributed by atoms with Gasteiger partial charge in [0.25, 0.3) is 0 Å². The van der Waals surface area contributed by atoms with Crippen LogP contribution in [0.1, 0.15) is 18.6 Å². The number of hydrogen-bond donors (Lipinski definition) is 1. The number of nitrogens with zero attached hydrogens (tertiary/aromatic N) is 4. The second-order valence-electron chi connectivity index (χ2n) is 4.65. The first kappa shape index (κ1) is 13.4. The summed E-state index contributed by atoms with van der Waals surface area (Å²) in [6.07, 6.45) is -0.832. The Morgan fingerprint density at radius 1 is 1.14 bits per heavy atom. The molecule has 5 nitrogen and oxygen atoms in total. The second-order valence-corrected chi connectivity index (χ2v) is 4.65. The first-order valence-corrected chi connectivity index (χ1v) is 6.48. The van der Waals surface area contributed by atoms with Crippen LogP contribution in [0.15, 0.2) is 48.5 Å². The van der Waals surface area contributed by atoms with Crippen LogP contribution >= 0.6 is 0 Å². The van der Waals surface area contributed by atoms with Crippen LogP contribution in [0, 0.1) is 5.82 Å². The van der Waals surface area contributed by atoms with Crippen LogP contribution in [0.4, 0.5) is 4.39 Å². The van der Waals surface area contributed by atoms with Gasteiger partial charge in [0.15, 0.2) is 0 Å². The zero-order chi connectivity index (χ0) is 14.8. The molecule has 1 heterocycles. The summed E-state index contributed by atoms with van der Waals surface area (Å²) in [5.41, 5.74) is 1.75. The zero-order valence-electron chi connectivity index (χ0n) is 11.3. The van der Waals surface area contributed by atoms with Crippen LogP contribution in [0.5, 0.6) is 0 Å². The molecule has 0 aliphatic heterocycles. The van der Waals surface area contributed by atoms with E-state index in [1.54, 1.807) is 6.92 Å². The Hall–Kier alpha value is -2.60. The fraction of sp³-hybridized carbons (Fsp3) is 0.133. The molecule has 3 aromatic rings. The van der Waals surface area contributed by atoms with E-state index in [2.05, 4.69) is 15.4 Å². The molecule has 1 aromatic heterocycles. The van der Waals surface area contributed by atoms with E-state index in [0.717, 1.165) is 5.56 Å². The highest BCUT2D eigenvalue weighted by Crippen LogP contribution is 2.22. The molecular weight excluding hydrogens is 271 g/mol. The Morgan fingerprint density at radius 2 is 1.90 bits per heavy atom. The maximum absolute atomic E-state index is 13.3. The Balaban J connectivity index is 2.05. The van der Waals surface area contributed by atoms with Crippen LogP contribution in [-0.4, -0.2) is 25.3 Å². The summed E-state index contributed by atoms with van der Waals surface area (Å²) in [5.74, 6) is 0.0505. The predicted molar refractivity (Wildman–Crippen MR) is 75.2 cm³/mol. The van der Waals surface area contributed by atoms with E-state index in [4.69, 9.17) is 0 Å². The third-order valence-electron chi connectivity index (χ3n) is 3.10. The lowest BCUT2D eigenvalue weighted by Crippen LogP contribution is -2.06. The zero-order valence-corrected chi connectivity index (χ0v) is 11.3. The fourth-order valence-electron chi connectivity index (χ4n) is 2.06. The average Bonchev–Trinajstić information content (AvgIpc) is 2.97. The van der Waals surface area contributed by atoms with E-state index >= 15 is 0 Å².